The maximum Gasteiger partial charge on any atom is 0.290 e. The third kappa shape index (κ3) is 5.90. The number of carbonyl (C=O) groups is 3. The zero-order valence-electron chi connectivity index (χ0n) is 16.6. The number of hydrogen-bond donors (Lipinski definition) is 1. The summed E-state index contributed by atoms with van der Waals surface area (Å²) in [6.45, 7) is 3.91. The number of rotatable bonds is 8. The Morgan fingerprint density at radius 1 is 1.28 bits per heavy atom. The number of hydrogen-bond acceptors (Lipinski definition) is 6. The van der Waals surface area contributed by atoms with E-state index in [1.54, 1.807) is 17.5 Å². The molecule has 29 heavy (non-hydrogen) atoms. The van der Waals surface area contributed by atoms with Crippen LogP contribution in [0.4, 0.5) is 5.13 Å². The summed E-state index contributed by atoms with van der Waals surface area (Å²) in [6.07, 6.45) is 5.67. The second kappa shape index (κ2) is 10.2. The summed E-state index contributed by atoms with van der Waals surface area (Å²) in [6, 6.07) is 3.22. The van der Waals surface area contributed by atoms with Crippen LogP contribution in [0.25, 0.3) is 0 Å². The second-order valence-corrected chi connectivity index (χ2v) is 7.87. The van der Waals surface area contributed by atoms with Crippen molar-refractivity contribution in [2.45, 2.75) is 39.0 Å². The minimum Gasteiger partial charge on any atom is -0.459 e. The second-order valence-electron chi connectivity index (χ2n) is 7.01. The first kappa shape index (κ1) is 21.0. The summed E-state index contributed by atoms with van der Waals surface area (Å²) in [5, 5.41) is 4.94. The van der Waals surface area contributed by atoms with Gasteiger partial charge in [0.25, 0.3) is 5.91 Å². The average Bonchev–Trinajstić information content (AvgIpc) is 3.40. The van der Waals surface area contributed by atoms with Crippen molar-refractivity contribution in [3.63, 3.8) is 0 Å². The predicted molar refractivity (Wildman–Crippen MR) is 110 cm³/mol. The molecule has 3 rings (SSSR count). The average molecular weight is 419 g/mol. The molecule has 0 spiro atoms. The quantitative estimate of drug-likeness (QED) is 0.711. The number of aromatic nitrogens is 1. The lowest BCUT2D eigenvalue weighted by Gasteiger charge is -2.26. The van der Waals surface area contributed by atoms with Gasteiger partial charge in [-0.05, 0) is 37.8 Å². The van der Waals surface area contributed by atoms with E-state index in [4.69, 9.17) is 4.42 Å². The van der Waals surface area contributed by atoms with Crippen LogP contribution in [0.5, 0.6) is 0 Å². The van der Waals surface area contributed by atoms with Gasteiger partial charge in [0.2, 0.25) is 11.8 Å². The highest BCUT2D eigenvalue weighted by Crippen LogP contribution is 2.18. The maximum atomic E-state index is 12.5. The van der Waals surface area contributed by atoms with Crippen LogP contribution < -0.4 is 5.32 Å². The lowest BCUT2D eigenvalue weighted by Crippen LogP contribution is -2.38. The molecule has 156 valence electrons. The van der Waals surface area contributed by atoms with Gasteiger partial charge in [0.15, 0.2) is 10.9 Å². The number of piperidine rings is 1. The van der Waals surface area contributed by atoms with Gasteiger partial charge in [-0.1, -0.05) is 6.92 Å². The first-order valence-corrected chi connectivity index (χ1v) is 10.8. The third-order valence-electron chi connectivity index (χ3n) is 4.69. The van der Waals surface area contributed by atoms with Crippen LogP contribution in [0.15, 0.2) is 28.2 Å². The molecular formula is C20H26N4O4S. The molecule has 1 saturated heterocycles. The fraction of sp³-hybridized carbons (Fsp3) is 0.500. The normalized spacial score (nSPS) is 13.9. The van der Waals surface area contributed by atoms with Gasteiger partial charge in [-0.25, -0.2) is 4.98 Å². The summed E-state index contributed by atoms with van der Waals surface area (Å²) >= 11 is 1.28. The molecule has 1 N–H and O–H groups in total. The number of carbonyl (C=O) groups excluding carboxylic acids is 3. The Morgan fingerprint density at radius 2 is 2.07 bits per heavy atom. The molecule has 2 aromatic rings. The van der Waals surface area contributed by atoms with Crippen molar-refractivity contribution in [1.82, 2.24) is 14.8 Å². The number of furan rings is 1. The highest BCUT2D eigenvalue weighted by Gasteiger charge is 2.21. The number of thiazole rings is 1. The Labute approximate surface area is 173 Å². The van der Waals surface area contributed by atoms with Crippen LogP contribution in [0.3, 0.4) is 0 Å². The van der Waals surface area contributed by atoms with Crippen LogP contribution in [0, 0.1) is 0 Å². The molecule has 1 aliphatic rings. The lowest BCUT2D eigenvalue weighted by molar-refractivity contribution is -0.131. The van der Waals surface area contributed by atoms with Crippen LogP contribution in [0.2, 0.25) is 0 Å². The number of anilines is 1. The molecule has 2 aromatic heterocycles. The first-order valence-electron chi connectivity index (χ1n) is 9.91. The van der Waals surface area contributed by atoms with Gasteiger partial charge in [0.1, 0.15) is 6.54 Å². The fourth-order valence-corrected chi connectivity index (χ4v) is 3.99. The predicted octanol–water partition coefficient (Wildman–Crippen LogP) is 2.78. The van der Waals surface area contributed by atoms with Crippen molar-refractivity contribution in [1.29, 1.82) is 0 Å². The summed E-state index contributed by atoms with van der Waals surface area (Å²) in [5.41, 5.74) is 0.651. The monoisotopic (exact) mass is 418 g/mol. The molecule has 8 nitrogen and oxygen atoms in total. The smallest absolute Gasteiger partial charge is 0.290 e. The highest BCUT2D eigenvalue weighted by molar-refractivity contribution is 7.13. The van der Waals surface area contributed by atoms with E-state index in [1.807, 2.05) is 11.8 Å². The van der Waals surface area contributed by atoms with Crippen LogP contribution in [0.1, 0.15) is 48.9 Å². The zero-order chi connectivity index (χ0) is 20.6. The summed E-state index contributed by atoms with van der Waals surface area (Å²) in [5.74, 6) is -0.370. The fourth-order valence-electron chi connectivity index (χ4n) is 3.27. The van der Waals surface area contributed by atoms with Crippen molar-refractivity contribution in [3.05, 3.63) is 35.2 Å². The molecule has 0 atom stereocenters. The molecule has 0 bridgehead atoms. The van der Waals surface area contributed by atoms with Crippen LogP contribution in [-0.4, -0.2) is 58.7 Å². The third-order valence-corrected chi connectivity index (χ3v) is 5.49. The van der Waals surface area contributed by atoms with Gasteiger partial charge in [0, 0.05) is 25.0 Å². The van der Waals surface area contributed by atoms with Gasteiger partial charge in [-0.3, -0.25) is 14.4 Å². The Balaban J connectivity index is 1.53. The Morgan fingerprint density at radius 3 is 2.76 bits per heavy atom. The Bertz CT molecular complexity index is 827. The van der Waals surface area contributed by atoms with Crippen molar-refractivity contribution in [2.24, 2.45) is 0 Å². The largest absolute Gasteiger partial charge is 0.459 e. The van der Waals surface area contributed by atoms with Crippen molar-refractivity contribution >= 4 is 34.2 Å². The molecule has 0 aliphatic carbocycles. The van der Waals surface area contributed by atoms with Crippen LogP contribution in [-0.2, 0) is 16.0 Å². The Kier molecular flexibility index (Phi) is 7.40. The van der Waals surface area contributed by atoms with E-state index < -0.39 is 0 Å². The van der Waals surface area contributed by atoms with Crippen LogP contribution >= 0.6 is 11.3 Å². The van der Waals surface area contributed by atoms with E-state index in [-0.39, 0.29) is 36.4 Å². The molecule has 1 aliphatic heterocycles. The van der Waals surface area contributed by atoms with E-state index in [0.717, 1.165) is 32.4 Å². The molecular weight excluding hydrogens is 392 g/mol. The Hall–Kier alpha value is -2.68. The lowest BCUT2D eigenvalue weighted by atomic mass is 10.1. The molecule has 0 radical (unpaired) electrons. The number of nitrogens with one attached hydrogen (secondary N) is 1. The van der Waals surface area contributed by atoms with E-state index in [0.29, 0.717) is 17.4 Å². The molecule has 3 amide bonds. The standard InChI is InChI=1S/C20H26N4O4S/c1-2-8-24(19(27)16-7-6-11-28-16)13-17(25)22-20-21-15(14-29-20)12-18(26)23-9-4-3-5-10-23/h6-7,11,14H,2-5,8-10,12-13H2,1H3,(H,21,22,25). The van der Waals surface area contributed by atoms with E-state index in [2.05, 4.69) is 10.3 Å². The summed E-state index contributed by atoms with van der Waals surface area (Å²) in [7, 11) is 0. The summed E-state index contributed by atoms with van der Waals surface area (Å²) in [4.78, 5) is 44.9. The number of amides is 3. The van der Waals surface area contributed by atoms with E-state index in [1.165, 1.54) is 28.9 Å². The van der Waals surface area contributed by atoms with E-state index >= 15 is 0 Å². The molecule has 0 aromatic carbocycles. The number of nitrogens with zero attached hydrogens (tertiary/aromatic N) is 3. The highest BCUT2D eigenvalue weighted by atomic mass is 32.1. The minimum absolute atomic E-state index is 0.0750. The van der Waals surface area contributed by atoms with Gasteiger partial charge >= 0.3 is 0 Å². The molecule has 9 heteroatoms. The maximum absolute atomic E-state index is 12.5. The first-order chi connectivity index (χ1) is 14.1. The van der Waals surface area contributed by atoms with Gasteiger partial charge in [-0.2, -0.15) is 0 Å². The van der Waals surface area contributed by atoms with E-state index in [9.17, 15) is 14.4 Å². The molecule has 0 saturated carbocycles. The molecule has 0 unspecified atom stereocenters. The van der Waals surface area contributed by atoms with Gasteiger partial charge in [0.05, 0.1) is 18.4 Å². The molecule has 3 heterocycles. The summed E-state index contributed by atoms with van der Waals surface area (Å²) < 4.78 is 5.14. The minimum atomic E-state index is -0.332. The topological polar surface area (TPSA) is 95.8 Å². The van der Waals surface area contributed by atoms with Crippen molar-refractivity contribution in [3.8, 4) is 0 Å². The van der Waals surface area contributed by atoms with Crippen molar-refractivity contribution in [2.75, 3.05) is 31.5 Å². The SMILES string of the molecule is CCCN(CC(=O)Nc1nc(CC(=O)N2CCCCC2)cs1)C(=O)c1ccco1. The van der Waals surface area contributed by atoms with Crippen molar-refractivity contribution < 1.29 is 18.8 Å². The number of likely N-dealkylation sites (tertiary alicyclic amines) is 1. The zero-order valence-corrected chi connectivity index (χ0v) is 17.4. The molecule has 1 fully saturated rings. The van der Waals surface area contributed by atoms with Gasteiger partial charge in [-0.15, -0.1) is 11.3 Å². The van der Waals surface area contributed by atoms with Gasteiger partial charge < -0.3 is 19.5 Å².